The van der Waals surface area contributed by atoms with Crippen LogP contribution in [0.1, 0.15) is 37.9 Å². The van der Waals surface area contributed by atoms with Crippen molar-refractivity contribution in [2.24, 2.45) is 11.1 Å². The SMILES string of the molecule is C\C=C(Cl)/C(CC(O)c1ccc(OC(F)F)c(OCC2CC2)c1)=C(Cl)\C=N\O. The van der Waals surface area contributed by atoms with Crippen molar-refractivity contribution in [3.63, 3.8) is 0 Å². The molecule has 1 aliphatic carbocycles. The third-order valence-corrected chi connectivity index (χ3v) is 4.91. The fraction of sp³-hybridized carbons (Fsp3) is 0.421. The van der Waals surface area contributed by atoms with Crippen LogP contribution < -0.4 is 9.47 Å². The molecule has 0 aromatic heterocycles. The Balaban J connectivity index is 2.26. The molecule has 5 nitrogen and oxygen atoms in total. The summed E-state index contributed by atoms with van der Waals surface area (Å²) < 4.78 is 35.4. The number of oxime groups is 1. The summed E-state index contributed by atoms with van der Waals surface area (Å²) in [6, 6.07) is 4.24. The van der Waals surface area contributed by atoms with E-state index in [0.717, 1.165) is 19.1 Å². The summed E-state index contributed by atoms with van der Waals surface area (Å²) in [7, 11) is 0. The highest BCUT2D eigenvalue weighted by Crippen LogP contribution is 2.37. The van der Waals surface area contributed by atoms with E-state index in [0.29, 0.717) is 23.7 Å². The quantitative estimate of drug-likeness (QED) is 0.217. The van der Waals surface area contributed by atoms with Gasteiger partial charge < -0.3 is 19.8 Å². The molecule has 0 aliphatic heterocycles. The summed E-state index contributed by atoms with van der Waals surface area (Å²) in [5.74, 6) is 0.446. The van der Waals surface area contributed by atoms with Crippen LogP contribution in [0.3, 0.4) is 0 Å². The highest BCUT2D eigenvalue weighted by Gasteiger charge is 2.24. The zero-order valence-corrected chi connectivity index (χ0v) is 16.6. The molecule has 2 N–H and O–H groups in total. The molecule has 1 aromatic rings. The molecule has 2 rings (SSSR count). The van der Waals surface area contributed by atoms with Gasteiger partial charge in [0.1, 0.15) is 0 Å². The molecule has 1 aliphatic rings. The van der Waals surface area contributed by atoms with Crippen LogP contribution in [0.4, 0.5) is 8.78 Å². The van der Waals surface area contributed by atoms with Gasteiger partial charge in [0.25, 0.3) is 0 Å². The van der Waals surface area contributed by atoms with Crippen molar-refractivity contribution in [2.45, 2.75) is 38.9 Å². The molecule has 9 heteroatoms. The summed E-state index contributed by atoms with van der Waals surface area (Å²) in [4.78, 5) is 0. The highest BCUT2D eigenvalue weighted by atomic mass is 35.5. The number of nitrogens with zero attached hydrogens (tertiary/aromatic N) is 1. The second-order valence-electron chi connectivity index (χ2n) is 6.27. The molecule has 0 radical (unpaired) electrons. The number of aliphatic hydroxyl groups excluding tert-OH is 1. The summed E-state index contributed by atoms with van der Waals surface area (Å²) in [6.07, 6.45) is 3.60. The molecule has 0 bridgehead atoms. The van der Waals surface area contributed by atoms with Crippen LogP contribution in [-0.2, 0) is 0 Å². The Labute approximate surface area is 171 Å². The van der Waals surface area contributed by atoms with Crippen LogP contribution in [0.25, 0.3) is 0 Å². The number of aliphatic hydroxyl groups is 1. The van der Waals surface area contributed by atoms with E-state index in [-0.39, 0.29) is 28.0 Å². The van der Waals surface area contributed by atoms with E-state index < -0.39 is 12.7 Å². The van der Waals surface area contributed by atoms with Crippen LogP contribution in [0.5, 0.6) is 11.5 Å². The van der Waals surface area contributed by atoms with E-state index in [2.05, 4.69) is 9.89 Å². The normalized spacial score (nSPS) is 17.0. The molecule has 154 valence electrons. The van der Waals surface area contributed by atoms with Gasteiger partial charge in [-0.05, 0) is 49.0 Å². The zero-order chi connectivity index (χ0) is 20.7. The maximum atomic E-state index is 12.6. The second-order valence-corrected chi connectivity index (χ2v) is 7.08. The van der Waals surface area contributed by atoms with E-state index in [1.165, 1.54) is 18.2 Å². The first-order valence-electron chi connectivity index (χ1n) is 8.63. The minimum absolute atomic E-state index is 0.00510. The Bertz CT molecular complexity index is 764. The molecule has 1 fully saturated rings. The molecule has 0 saturated heterocycles. The van der Waals surface area contributed by atoms with E-state index in [4.69, 9.17) is 33.1 Å². The first-order chi connectivity index (χ1) is 13.3. The number of rotatable bonds is 10. The first-order valence-corrected chi connectivity index (χ1v) is 9.39. The number of hydrogen-bond donors (Lipinski definition) is 2. The lowest BCUT2D eigenvalue weighted by Gasteiger charge is -2.18. The molecule has 0 spiro atoms. The molecule has 1 unspecified atom stereocenters. The zero-order valence-electron chi connectivity index (χ0n) is 15.1. The van der Waals surface area contributed by atoms with Gasteiger partial charge in [-0.15, -0.1) is 0 Å². The second kappa shape index (κ2) is 10.6. The summed E-state index contributed by atoms with van der Waals surface area (Å²) in [5.41, 5.74) is 0.778. The molecule has 0 amide bonds. The summed E-state index contributed by atoms with van der Waals surface area (Å²) in [6.45, 7) is -0.901. The van der Waals surface area contributed by atoms with Gasteiger partial charge in [-0.25, -0.2) is 0 Å². The number of ether oxygens (including phenoxy) is 2. The number of halogens is 4. The maximum absolute atomic E-state index is 12.6. The molecular formula is C19H21Cl2F2NO4. The lowest BCUT2D eigenvalue weighted by Crippen LogP contribution is -2.08. The van der Waals surface area contributed by atoms with Crippen molar-refractivity contribution in [3.05, 3.63) is 45.5 Å². The molecule has 1 aromatic carbocycles. The number of hydrogen-bond acceptors (Lipinski definition) is 5. The number of benzene rings is 1. The van der Waals surface area contributed by atoms with E-state index in [1.807, 2.05) is 0 Å². The lowest BCUT2D eigenvalue weighted by molar-refractivity contribution is -0.0515. The van der Waals surface area contributed by atoms with Gasteiger partial charge in [0.05, 0.1) is 24.0 Å². The van der Waals surface area contributed by atoms with Crippen molar-refractivity contribution in [2.75, 3.05) is 6.61 Å². The van der Waals surface area contributed by atoms with E-state index in [9.17, 15) is 13.9 Å². The average molecular weight is 436 g/mol. The van der Waals surface area contributed by atoms with Gasteiger partial charge in [-0.2, -0.15) is 8.78 Å². The summed E-state index contributed by atoms with van der Waals surface area (Å²) in [5, 5.41) is 22.5. The lowest BCUT2D eigenvalue weighted by atomic mass is 10.00. The molecular weight excluding hydrogens is 415 g/mol. The Morgan fingerprint density at radius 3 is 2.61 bits per heavy atom. The van der Waals surface area contributed by atoms with Crippen LogP contribution in [0.15, 0.2) is 45.1 Å². The monoisotopic (exact) mass is 435 g/mol. The Kier molecular flexibility index (Phi) is 8.54. The smallest absolute Gasteiger partial charge is 0.387 e. The third-order valence-electron chi connectivity index (χ3n) is 4.14. The standard InChI is InChI=1S/C19H21Cl2F2NO4/c1-2-14(20)13(15(21)9-24-26)8-16(25)12-5-6-17(28-19(22)23)18(7-12)27-10-11-3-4-11/h2,5-7,9,11,16,19,25-26H,3-4,8,10H2,1H3/b14-2+,15-13+,24-9+. The van der Waals surface area contributed by atoms with Gasteiger partial charge in [0.2, 0.25) is 0 Å². The predicted octanol–water partition coefficient (Wildman–Crippen LogP) is 5.60. The molecule has 0 heterocycles. The average Bonchev–Trinajstić information content (AvgIpc) is 3.48. The Hall–Kier alpha value is -1.83. The van der Waals surface area contributed by atoms with Crippen LogP contribution >= 0.6 is 23.2 Å². The topological polar surface area (TPSA) is 71.3 Å². The Morgan fingerprint density at radius 1 is 1.32 bits per heavy atom. The minimum atomic E-state index is -2.99. The minimum Gasteiger partial charge on any atom is -0.489 e. The van der Waals surface area contributed by atoms with Gasteiger partial charge in [0, 0.05) is 11.5 Å². The predicted molar refractivity (Wildman–Crippen MR) is 104 cm³/mol. The van der Waals surface area contributed by atoms with Crippen molar-refractivity contribution >= 4 is 29.4 Å². The van der Waals surface area contributed by atoms with Crippen molar-refractivity contribution in [1.82, 2.24) is 0 Å². The number of allylic oxidation sites excluding steroid dienone is 3. The van der Waals surface area contributed by atoms with Gasteiger partial charge in [-0.3, -0.25) is 0 Å². The van der Waals surface area contributed by atoms with E-state index >= 15 is 0 Å². The van der Waals surface area contributed by atoms with Crippen molar-refractivity contribution in [3.8, 4) is 11.5 Å². The van der Waals surface area contributed by atoms with Crippen LogP contribution in [0.2, 0.25) is 0 Å². The van der Waals surface area contributed by atoms with Crippen LogP contribution in [-0.4, -0.2) is 29.7 Å². The molecule has 1 atom stereocenters. The first kappa shape index (κ1) is 22.5. The van der Waals surface area contributed by atoms with E-state index in [1.54, 1.807) is 13.0 Å². The largest absolute Gasteiger partial charge is 0.489 e. The highest BCUT2D eigenvalue weighted by molar-refractivity contribution is 6.42. The number of alkyl halides is 2. The van der Waals surface area contributed by atoms with Gasteiger partial charge >= 0.3 is 6.61 Å². The maximum Gasteiger partial charge on any atom is 0.387 e. The van der Waals surface area contributed by atoms with Crippen LogP contribution in [0, 0.1) is 5.92 Å². The van der Waals surface area contributed by atoms with Crippen molar-refractivity contribution in [1.29, 1.82) is 0 Å². The fourth-order valence-corrected chi connectivity index (χ4v) is 2.90. The van der Waals surface area contributed by atoms with Crippen molar-refractivity contribution < 1.29 is 28.6 Å². The Morgan fingerprint density at radius 2 is 2.04 bits per heavy atom. The van der Waals surface area contributed by atoms with Gasteiger partial charge in [0.15, 0.2) is 11.5 Å². The third kappa shape index (κ3) is 6.65. The molecule has 28 heavy (non-hydrogen) atoms. The fourth-order valence-electron chi connectivity index (χ4n) is 2.45. The molecule has 1 saturated carbocycles. The van der Waals surface area contributed by atoms with Gasteiger partial charge in [-0.1, -0.05) is 40.5 Å². The summed E-state index contributed by atoms with van der Waals surface area (Å²) >= 11 is 12.2.